The Morgan fingerprint density at radius 1 is 0.966 bits per heavy atom. The van der Waals surface area contributed by atoms with Crippen LogP contribution in [-0.4, -0.2) is 124 Å². The van der Waals surface area contributed by atoms with Crippen LogP contribution in [0.4, 0.5) is 0 Å². The van der Waals surface area contributed by atoms with Crippen LogP contribution in [0.3, 0.4) is 0 Å². The van der Waals surface area contributed by atoms with Crippen LogP contribution in [0.5, 0.6) is 0 Å². The summed E-state index contributed by atoms with van der Waals surface area (Å²) in [5.41, 5.74) is 5.42. The molecule has 13 nitrogen and oxygen atoms in total. The molecule has 2 aliphatic heterocycles. The molecule has 0 bridgehead atoms. The van der Waals surface area contributed by atoms with Gasteiger partial charge in [0.15, 0.2) is 12.6 Å². The smallest absolute Gasteiger partial charge is 0.217 e. The number of aliphatic hydroxyl groups excluding tert-OH is 6. The predicted octanol–water partition coefficient (Wildman–Crippen LogP) is -5.27. The third-order valence-electron chi connectivity index (χ3n) is 4.76. The molecule has 0 aromatic heterocycles. The highest BCUT2D eigenvalue weighted by atomic mass is 16.7. The molecular weight excluding hydrogens is 396 g/mol. The van der Waals surface area contributed by atoms with E-state index in [1.807, 2.05) is 0 Å². The van der Waals surface area contributed by atoms with Crippen molar-refractivity contribution in [2.45, 2.75) is 68.3 Å². The number of ether oxygens (including phenoxy) is 4. The monoisotopic (exact) mass is 426 g/mol. The Bertz CT molecular complexity index is 525. The minimum Gasteiger partial charge on any atom is -0.394 e. The summed E-state index contributed by atoms with van der Waals surface area (Å²) < 4.78 is 21.9. The molecule has 9 N–H and O–H groups in total. The summed E-state index contributed by atoms with van der Waals surface area (Å²) in [5, 5.41) is 61.9. The van der Waals surface area contributed by atoms with E-state index in [1.165, 1.54) is 6.92 Å². The minimum atomic E-state index is -1.73. The molecule has 0 aliphatic carbocycles. The SMILES string of the molecule is CC(=O)N[C@H]1[C@@H](OCCN)O[C@H](CO)[C@H](O)[C@@H]1O[C@H]1O[C@H](CO)[C@H](O)[C@H](O)[C@H]1O. The zero-order chi connectivity index (χ0) is 21.7. The van der Waals surface area contributed by atoms with Crippen molar-refractivity contribution in [1.82, 2.24) is 5.32 Å². The fourth-order valence-electron chi connectivity index (χ4n) is 3.28. The molecule has 0 saturated carbocycles. The summed E-state index contributed by atoms with van der Waals surface area (Å²) >= 11 is 0. The van der Waals surface area contributed by atoms with E-state index in [4.69, 9.17) is 24.7 Å². The molecule has 2 aliphatic rings. The summed E-state index contributed by atoms with van der Waals surface area (Å²) in [6.07, 6.45) is -12.9. The lowest BCUT2D eigenvalue weighted by molar-refractivity contribution is -0.344. The van der Waals surface area contributed by atoms with Gasteiger partial charge in [-0.2, -0.15) is 0 Å². The van der Waals surface area contributed by atoms with E-state index in [9.17, 15) is 35.4 Å². The van der Waals surface area contributed by atoms with Gasteiger partial charge in [-0.25, -0.2) is 0 Å². The van der Waals surface area contributed by atoms with Crippen molar-refractivity contribution in [1.29, 1.82) is 0 Å². The van der Waals surface area contributed by atoms with Crippen LogP contribution in [0.1, 0.15) is 6.92 Å². The van der Waals surface area contributed by atoms with Crippen molar-refractivity contribution in [3.05, 3.63) is 0 Å². The molecule has 1 amide bonds. The van der Waals surface area contributed by atoms with Crippen molar-refractivity contribution < 1.29 is 54.4 Å². The molecule has 170 valence electrons. The molecule has 2 heterocycles. The van der Waals surface area contributed by atoms with Crippen molar-refractivity contribution >= 4 is 5.91 Å². The van der Waals surface area contributed by atoms with Crippen LogP contribution in [0.15, 0.2) is 0 Å². The van der Waals surface area contributed by atoms with Gasteiger partial charge in [-0.15, -0.1) is 0 Å². The number of carbonyl (C=O) groups is 1. The number of aliphatic hydroxyl groups is 6. The topological polar surface area (TPSA) is 213 Å². The van der Waals surface area contributed by atoms with Crippen molar-refractivity contribution in [3.63, 3.8) is 0 Å². The van der Waals surface area contributed by atoms with Crippen LogP contribution >= 0.6 is 0 Å². The van der Waals surface area contributed by atoms with E-state index in [0.717, 1.165) is 0 Å². The molecule has 0 unspecified atom stereocenters. The highest BCUT2D eigenvalue weighted by molar-refractivity contribution is 5.73. The van der Waals surface area contributed by atoms with E-state index in [0.29, 0.717) is 0 Å². The second-order valence-electron chi connectivity index (χ2n) is 6.90. The average molecular weight is 426 g/mol. The summed E-state index contributed by atoms with van der Waals surface area (Å²) in [6.45, 7) is 0.122. The zero-order valence-corrected chi connectivity index (χ0v) is 15.9. The normalized spacial score (nSPS) is 43.2. The Hall–Kier alpha value is -0.970. The molecule has 0 aromatic rings. The first kappa shape index (κ1) is 24.3. The van der Waals surface area contributed by atoms with Gasteiger partial charge in [0.2, 0.25) is 5.91 Å². The number of carbonyl (C=O) groups excluding carboxylic acids is 1. The first-order valence-corrected chi connectivity index (χ1v) is 9.24. The Kier molecular flexibility index (Phi) is 9.12. The van der Waals surface area contributed by atoms with E-state index >= 15 is 0 Å². The van der Waals surface area contributed by atoms with Gasteiger partial charge >= 0.3 is 0 Å². The zero-order valence-electron chi connectivity index (χ0n) is 15.9. The van der Waals surface area contributed by atoms with Gasteiger partial charge in [0.25, 0.3) is 0 Å². The third-order valence-corrected chi connectivity index (χ3v) is 4.76. The van der Waals surface area contributed by atoms with E-state index in [1.54, 1.807) is 0 Å². The average Bonchev–Trinajstić information content (AvgIpc) is 2.69. The molecule has 2 rings (SSSR count). The molecule has 2 saturated heterocycles. The summed E-state index contributed by atoms with van der Waals surface area (Å²) in [6, 6.07) is -1.09. The van der Waals surface area contributed by atoms with Gasteiger partial charge in [0.05, 0.1) is 19.8 Å². The number of hydrogen-bond acceptors (Lipinski definition) is 12. The second-order valence-corrected chi connectivity index (χ2v) is 6.90. The van der Waals surface area contributed by atoms with Gasteiger partial charge in [-0.3, -0.25) is 4.79 Å². The maximum Gasteiger partial charge on any atom is 0.217 e. The number of nitrogens with one attached hydrogen (secondary N) is 1. The highest BCUT2D eigenvalue weighted by Gasteiger charge is 2.51. The van der Waals surface area contributed by atoms with Gasteiger partial charge in [0.1, 0.15) is 48.8 Å². The molecule has 0 radical (unpaired) electrons. The molecule has 0 spiro atoms. The predicted molar refractivity (Wildman–Crippen MR) is 93.0 cm³/mol. The lowest BCUT2D eigenvalue weighted by Crippen LogP contribution is -2.68. The Morgan fingerprint density at radius 3 is 2.10 bits per heavy atom. The van der Waals surface area contributed by atoms with Crippen molar-refractivity contribution in [2.75, 3.05) is 26.4 Å². The molecule has 0 aromatic carbocycles. The van der Waals surface area contributed by atoms with Crippen LogP contribution in [-0.2, 0) is 23.7 Å². The molecular formula is C16H30N2O11. The molecule has 13 heteroatoms. The maximum atomic E-state index is 11.7. The Balaban J connectivity index is 2.26. The van der Waals surface area contributed by atoms with Gasteiger partial charge < -0.3 is 60.6 Å². The van der Waals surface area contributed by atoms with Crippen LogP contribution in [0.25, 0.3) is 0 Å². The Morgan fingerprint density at radius 2 is 1.55 bits per heavy atom. The minimum absolute atomic E-state index is 0.0434. The highest BCUT2D eigenvalue weighted by Crippen LogP contribution is 2.29. The Labute approximate surface area is 166 Å². The number of amides is 1. The van der Waals surface area contributed by atoms with Crippen LogP contribution in [0, 0.1) is 0 Å². The van der Waals surface area contributed by atoms with Gasteiger partial charge in [0, 0.05) is 13.5 Å². The number of nitrogens with two attached hydrogens (primary N) is 1. The van der Waals surface area contributed by atoms with Gasteiger partial charge in [-0.1, -0.05) is 0 Å². The lowest BCUT2D eigenvalue weighted by Gasteiger charge is -2.47. The summed E-state index contributed by atoms with van der Waals surface area (Å²) in [7, 11) is 0. The van der Waals surface area contributed by atoms with E-state index < -0.39 is 80.5 Å². The summed E-state index contributed by atoms with van der Waals surface area (Å²) in [4.78, 5) is 11.7. The third kappa shape index (κ3) is 5.59. The van der Waals surface area contributed by atoms with Crippen molar-refractivity contribution in [3.8, 4) is 0 Å². The maximum absolute atomic E-state index is 11.7. The van der Waals surface area contributed by atoms with Crippen molar-refractivity contribution in [2.24, 2.45) is 5.73 Å². The van der Waals surface area contributed by atoms with Crippen LogP contribution < -0.4 is 11.1 Å². The fourth-order valence-corrected chi connectivity index (χ4v) is 3.28. The number of hydrogen-bond donors (Lipinski definition) is 8. The fraction of sp³-hybridized carbons (Fsp3) is 0.938. The summed E-state index contributed by atoms with van der Waals surface area (Å²) in [5.74, 6) is -0.503. The molecule has 10 atom stereocenters. The second kappa shape index (κ2) is 10.9. The molecule has 29 heavy (non-hydrogen) atoms. The van der Waals surface area contributed by atoms with Gasteiger partial charge in [-0.05, 0) is 0 Å². The van der Waals surface area contributed by atoms with Crippen LogP contribution in [0.2, 0.25) is 0 Å². The number of rotatable bonds is 8. The first-order chi connectivity index (χ1) is 13.7. The quantitative estimate of drug-likeness (QED) is 0.183. The van der Waals surface area contributed by atoms with E-state index in [2.05, 4.69) is 5.32 Å². The van der Waals surface area contributed by atoms with E-state index in [-0.39, 0.29) is 13.2 Å². The standard InChI is InChI=1S/C16H30N2O11/c1-6(21)18-9-14(11(23)8(5-20)27-15(9)26-3-2-17)29-16-13(25)12(24)10(22)7(4-19)28-16/h7-16,19-20,22-25H,2-5,17H2,1H3,(H,18,21)/t7-,8-,9-,10+,11+,12+,13-,14-,15+,16-/m1/s1. The largest absolute Gasteiger partial charge is 0.394 e. The first-order valence-electron chi connectivity index (χ1n) is 9.24. The molecule has 2 fully saturated rings. The lowest BCUT2D eigenvalue weighted by atomic mass is 9.95.